The molecule has 0 amide bonds. The zero-order chi connectivity index (χ0) is 12.7. The number of carbonyl (C=O) groups excluding carboxylic acids is 1. The number of hydrogen-bond donors (Lipinski definition) is 0. The summed E-state index contributed by atoms with van der Waals surface area (Å²) in [7, 11) is 0. The van der Waals surface area contributed by atoms with Crippen molar-refractivity contribution in [2.75, 3.05) is 0 Å². The molecule has 2 bridgehead atoms. The first-order valence-electron chi connectivity index (χ1n) is 6.76. The molecule has 3 heterocycles. The molecule has 2 saturated heterocycles. The number of hydrogen-bond acceptors (Lipinski definition) is 3. The van der Waals surface area contributed by atoms with E-state index in [4.69, 9.17) is 0 Å². The highest BCUT2D eigenvalue weighted by atomic mass is 32.2. The maximum absolute atomic E-state index is 12.6. The minimum atomic E-state index is 0.220. The Hall–Kier alpha value is -0.830. The lowest BCUT2D eigenvalue weighted by Gasteiger charge is -2.26. The Labute approximate surface area is 113 Å². The molecule has 2 nitrogen and oxygen atoms in total. The third kappa shape index (κ3) is 2.20. The lowest BCUT2D eigenvalue weighted by Crippen LogP contribution is -2.26. The number of rotatable bonds is 2. The van der Waals surface area contributed by atoms with Crippen LogP contribution >= 0.6 is 11.8 Å². The fourth-order valence-electron chi connectivity index (χ4n) is 3.24. The van der Waals surface area contributed by atoms with E-state index in [2.05, 4.69) is 22.8 Å². The van der Waals surface area contributed by atoms with Crippen molar-refractivity contribution < 1.29 is 4.79 Å². The summed E-state index contributed by atoms with van der Waals surface area (Å²) in [6.07, 6.45) is 6.55. The number of carbonyl (C=O) groups is 1. The molecule has 18 heavy (non-hydrogen) atoms. The molecule has 3 rings (SSSR count). The zero-order valence-electron chi connectivity index (χ0n) is 11.0. The Morgan fingerprint density at radius 3 is 2.56 bits per heavy atom. The van der Waals surface area contributed by atoms with Gasteiger partial charge < -0.3 is 0 Å². The van der Waals surface area contributed by atoms with Crippen molar-refractivity contribution in [2.45, 2.75) is 50.0 Å². The first kappa shape index (κ1) is 12.2. The van der Waals surface area contributed by atoms with Gasteiger partial charge in [0.15, 0.2) is 5.78 Å². The van der Waals surface area contributed by atoms with Crippen LogP contribution in [0, 0.1) is 19.8 Å². The standard InChI is InChI=1S/C15H19NOS/c1-9-5-10(2)14(16-8-9)15(17)11-6-12-3-4-13(7-11)18-12/h5,8,11-13H,3-4,6-7H2,1-2H3. The van der Waals surface area contributed by atoms with E-state index in [-0.39, 0.29) is 11.7 Å². The second kappa shape index (κ2) is 4.69. The number of ketones is 1. The molecule has 2 aliphatic heterocycles. The van der Waals surface area contributed by atoms with Gasteiger partial charge in [-0.1, -0.05) is 6.07 Å². The van der Waals surface area contributed by atoms with Gasteiger partial charge in [0, 0.05) is 22.6 Å². The molecule has 0 N–H and O–H groups in total. The van der Waals surface area contributed by atoms with Crippen LogP contribution in [-0.2, 0) is 0 Å². The highest BCUT2D eigenvalue weighted by Gasteiger charge is 2.38. The van der Waals surface area contributed by atoms with E-state index in [1.165, 1.54) is 12.8 Å². The van der Waals surface area contributed by atoms with Gasteiger partial charge in [0.2, 0.25) is 0 Å². The molecule has 96 valence electrons. The zero-order valence-corrected chi connectivity index (χ0v) is 11.8. The Kier molecular flexibility index (Phi) is 3.18. The van der Waals surface area contributed by atoms with Gasteiger partial charge in [0.05, 0.1) is 0 Å². The average Bonchev–Trinajstić information content (AvgIpc) is 2.67. The third-order valence-corrected chi connectivity index (χ3v) is 5.74. The second-order valence-electron chi connectivity index (χ2n) is 5.67. The summed E-state index contributed by atoms with van der Waals surface area (Å²) >= 11 is 2.10. The normalized spacial score (nSPS) is 30.4. The Bertz CT molecular complexity index is 473. The molecule has 0 saturated carbocycles. The van der Waals surface area contributed by atoms with Crippen molar-refractivity contribution in [2.24, 2.45) is 5.92 Å². The van der Waals surface area contributed by atoms with Gasteiger partial charge in [-0.15, -0.1) is 0 Å². The number of Topliss-reactive ketones (excluding diaryl/α,β-unsaturated/α-hetero) is 1. The van der Waals surface area contributed by atoms with E-state index in [0.29, 0.717) is 5.69 Å². The maximum atomic E-state index is 12.6. The molecule has 0 radical (unpaired) electrons. The molecule has 1 aromatic heterocycles. The van der Waals surface area contributed by atoms with Crippen LogP contribution in [0.25, 0.3) is 0 Å². The van der Waals surface area contributed by atoms with Crippen LogP contribution in [0.4, 0.5) is 0 Å². The van der Waals surface area contributed by atoms with E-state index >= 15 is 0 Å². The van der Waals surface area contributed by atoms with Gasteiger partial charge in [-0.2, -0.15) is 11.8 Å². The largest absolute Gasteiger partial charge is 0.292 e. The summed E-state index contributed by atoms with van der Waals surface area (Å²) in [6.45, 7) is 4.02. The first-order valence-corrected chi connectivity index (χ1v) is 7.70. The Morgan fingerprint density at radius 1 is 1.28 bits per heavy atom. The van der Waals surface area contributed by atoms with Crippen LogP contribution in [0.3, 0.4) is 0 Å². The minimum absolute atomic E-state index is 0.220. The fourth-order valence-corrected chi connectivity index (χ4v) is 5.01. The van der Waals surface area contributed by atoms with Crippen LogP contribution in [0.5, 0.6) is 0 Å². The molecule has 1 aromatic rings. The molecular weight excluding hydrogens is 242 g/mol. The number of aromatic nitrogens is 1. The number of aryl methyl sites for hydroxylation is 2. The van der Waals surface area contributed by atoms with Crippen LogP contribution in [0.1, 0.15) is 47.3 Å². The topological polar surface area (TPSA) is 30.0 Å². The van der Waals surface area contributed by atoms with Crippen LogP contribution < -0.4 is 0 Å². The number of nitrogens with zero attached hydrogens (tertiary/aromatic N) is 1. The summed E-state index contributed by atoms with van der Waals surface area (Å²) in [5.74, 6) is 0.502. The van der Waals surface area contributed by atoms with Crippen molar-refractivity contribution >= 4 is 17.5 Å². The summed E-state index contributed by atoms with van der Waals surface area (Å²) in [4.78, 5) is 16.9. The predicted molar refractivity (Wildman–Crippen MR) is 75.2 cm³/mol. The average molecular weight is 261 g/mol. The molecule has 0 spiro atoms. The van der Waals surface area contributed by atoms with Gasteiger partial charge in [-0.25, -0.2) is 0 Å². The molecule has 2 fully saturated rings. The molecule has 3 heteroatoms. The summed E-state index contributed by atoms with van der Waals surface area (Å²) in [6, 6.07) is 2.06. The van der Waals surface area contributed by atoms with Crippen molar-refractivity contribution in [1.29, 1.82) is 0 Å². The molecule has 2 unspecified atom stereocenters. The predicted octanol–water partition coefficient (Wildman–Crippen LogP) is 3.56. The molecule has 0 aliphatic carbocycles. The monoisotopic (exact) mass is 261 g/mol. The van der Waals surface area contributed by atoms with Crippen LogP contribution in [0.2, 0.25) is 0 Å². The van der Waals surface area contributed by atoms with Gasteiger partial charge in [0.1, 0.15) is 5.69 Å². The summed E-state index contributed by atoms with van der Waals surface area (Å²) in [5.41, 5.74) is 2.87. The van der Waals surface area contributed by atoms with Gasteiger partial charge in [-0.3, -0.25) is 9.78 Å². The van der Waals surface area contributed by atoms with Crippen molar-refractivity contribution in [3.05, 3.63) is 29.1 Å². The van der Waals surface area contributed by atoms with Gasteiger partial charge in [0.25, 0.3) is 0 Å². The van der Waals surface area contributed by atoms with Crippen LogP contribution in [0.15, 0.2) is 12.3 Å². The van der Waals surface area contributed by atoms with Crippen molar-refractivity contribution in [3.63, 3.8) is 0 Å². The fraction of sp³-hybridized carbons (Fsp3) is 0.600. The van der Waals surface area contributed by atoms with Crippen molar-refractivity contribution in [1.82, 2.24) is 4.98 Å². The second-order valence-corrected chi connectivity index (χ2v) is 7.27. The van der Waals surface area contributed by atoms with Crippen LogP contribution in [-0.4, -0.2) is 21.3 Å². The number of pyridine rings is 1. The van der Waals surface area contributed by atoms with E-state index < -0.39 is 0 Å². The van der Waals surface area contributed by atoms with E-state index in [0.717, 1.165) is 34.5 Å². The van der Waals surface area contributed by atoms with Gasteiger partial charge >= 0.3 is 0 Å². The highest BCUT2D eigenvalue weighted by molar-refractivity contribution is 8.00. The third-order valence-electron chi connectivity index (χ3n) is 4.11. The lowest BCUT2D eigenvalue weighted by atomic mass is 9.91. The van der Waals surface area contributed by atoms with E-state index in [9.17, 15) is 4.79 Å². The molecular formula is C15H19NOS. The highest BCUT2D eigenvalue weighted by Crippen LogP contribution is 2.46. The Morgan fingerprint density at radius 2 is 1.94 bits per heavy atom. The molecule has 2 atom stereocenters. The first-order chi connectivity index (χ1) is 8.63. The quantitative estimate of drug-likeness (QED) is 0.763. The minimum Gasteiger partial charge on any atom is -0.292 e. The maximum Gasteiger partial charge on any atom is 0.184 e. The summed E-state index contributed by atoms with van der Waals surface area (Å²) in [5, 5.41) is 1.45. The number of fused-ring (bicyclic) bond motifs is 2. The molecule has 0 aromatic carbocycles. The molecule has 2 aliphatic rings. The van der Waals surface area contributed by atoms with E-state index in [1.807, 2.05) is 20.0 Å². The Balaban J connectivity index is 1.82. The SMILES string of the molecule is Cc1cnc(C(=O)C2CC3CCC(C2)S3)c(C)c1. The smallest absolute Gasteiger partial charge is 0.184 e. The lowest BCUT2D eigenvalue weighted by molar-refractivity contribution is 0.0901. The number of thioether (sulfide) groups is 1. The van der Waals surface area contributed by atoms with E-state index in [1.54, 1.807) is 0 Å². The van der Waals surface area contributed by atoms with Gasteiger partial charge in [-0.05, 0) is 50.7 Å². The summed E-state index contributed by atoms with van der Waals surface area (Å²) < 4.78 is 0. The van der Waals surface area contributed by atoms with Crippen molar-refractivity contribution in [3.8, 4) is 0 Å².